The highest BCUT2D eigenvalue weighted by Crippen LogP contribution is 2.45. The van der Waals surface area contributed by atoms with Gasteiger partial charge in [0.2, 0.25) is 9.84 Å². The van der Waals surface area contributed by atoms with Crippen molar-refractivity contribution in [3.8, 4) is 12.1 Å². The summed E-state index contributed by atoms with van der Waals surface area (Å²) in [6.45, 7) is 0. The molecule has 0 amide bonds. The van der Waals surface area contributed by atoms with Crippen molar-refractivity contribution in [2.45, 2.75) is 4.90 Å². The van der Waals surface area contributed by atoms with E-state index in [1.165, 1.54) is 6.07 Å². The van der Waals surface area contributed by atoms with E-state index in [4.69, 9.17) is 16.3 Å². The van der Waals surface area contributed by atoms with Gasteiger partial charge in [0.1, 0.15) is 22.6 Å². The van der Waals surface area contributed by atoms with Crippen LogP contribution in [0.15, 0.2) is 43.3 Å². The number of fused-ring (bicyclic) bond motifs is 1. The maximum Gasteiger partial charge on any atom is 0.210 e. The van der Waals surface area contributed by atoms with Crippen molar-refractivity contribution in [3.63, 3.8) is 0 Å². The van der Waals surface area contributed by atoms with Crippen LogP contribution in [0.25, 0.3) is 5.57 Å². The zero-order chi connectivity index (χ0) is 14.2. The number of nitrogens with zero attached hydrogens (tertiary/aromatic N) is 2. The number of rotatable bonds is 0. The molecule has 2 N–H and O–H groups in total. The Balaban J connectivity index is 3.06. The lowest BCUT2D eigenvalue weighted by Gasteiger charge is -2.02. The van der Waals surface area contributed by atoms with Gasteiger partial charge in [-0.2, -0.15) is 10.5 Å². The monoisotopic (exact) mass is 383 g/mol. The second-order valence-corrected chi connectivity index (χ2v) is 6.67. The van der Waals surface area contributed by atoms with Gasteiger partial charge in [-0.3, -0.25) is 0 Å². The SMILES string of the molecule is N#CC(C#N)=C1/C(=C(/N)I)S(=O)(=O)c2ccccc21. The molecule has 7 heteroatoms. The molecule has 1 aromatic carbocycles. The number of hydrogen-bond donors (Lipinski definition) is 1. The fourth-order valence-electron chi connectivity index (χ4n) is 1.91. The minimum Gasteiger partial charge on any atom is -0.393 e. The van der Waals surface area contributed by atoms with Gasteiger partial charge in [0.15, 0.2) is 0 Å². The molecule has 19 heavy (non-hydrogen) atoms. The third kappa shape index (κ3) is 1.91. The Morgan fingerprint density at radius 3 is 2.32 bits per heavy atom. The van der Waals surface area contributed by atoms with Crippen LogP contribution in [-0.2, 0) is 9.84 Å². The molecular weight excluding hydrogens is 377 g/mol. The van der Waals surface area contributed by atoms with Crippen LogP contribution in [-0.4, -0.2) is 8.42 Å². The van der Waals surface area contributed by atoms with Crippen molar-refractivity contribution in [1.82, 2.24) is 0 Å². The zero-order valence-electron chi connectivity index (χ0n) is 9.38. The lowest BCUT2D eigenvalue weighted by molar-refractivity contribution is 0.604. The van der Waals surface area contributed by atoms with E-state index >= 15 is 0 Å². The summed E-state index contributed by atoms with van der Waals surface area (Å²) in [6.07, 6.45) is 0. The number of nitrogens with two attached hydrogens (primary N) is 1. The molecule has 0 unspecified atom stereocenters. The molecule has 5 nitrogen and oxygen atoms in total. The van der Waals surface area contributed by atoms with Crippen LogP contribution in [0, 0.1) is 22.7 Å². The van der Waals surface area contributed by atoms with Gasteiger partial charge in [-0.15, -0.1) is 0 Å². The average Bonchev–Trinajstić information content (AvgIpc) is 2.61. The van der Waals surface area contributed by atoms with Crippen molar-refractivity contribution < 1.29 is 8.42 Å². The molecule has 1 aromatic rings. The molecule has 1 aliphatic rings. The van der Waals surface area contributed by atoms with Gasteiger partial charge in [-0.25, -0.2) is 8.42 Å². The van der Waals surface area contributed by atoms with E-state index in [2.05, 4.69) is 0 Å². The number of benzene rings is 1. The summed E-state index contributed by atoms with van der Waals surface area (Å²) in [5.74, 6) is 0. The highest BCUT2D eigenvalue weighted by Gasteiger charge is 2.39. The first-order chi connectivity index (χ1) is 8.95. The molecule has 1 heterocycles. The van der Waals surface area contributed by atoms with Crippen LogP contribution in [0.1, 0.15) is 5.56 Å². The van der Waals surface area contributed by atoms with E-state index in [0.717, 1.165) is 0 Å². The highest BCUT2D eigenvalue weighted by atomic mass is 127. The summed E-state index contributed by atoms with van der Waals surface area (Å²) in [6, 6.07) is 9.66. The van der Waals surface area contributed by atoms with E-state index in [0.29, 0.717) is 5.56 Å². The summed E-state index contributed by atoms with van der Waals surface area (Å²) in [5, 5.41) is 18.0. The average molecular weight is 383 g/mol. The quantitative estimate of drug-likeness (QED) is 0.418. The highest BCUT2D eigenvalue weighted by molar-refractivity contribution is 14.1. The first-order valence-electron chi connectivity index (χ1n) is 4.99. The third-order valence-electron chi connectivity index (χ3n) is 2.63. The van der Waals surface area contributed by atoms with Gasteiger partial charge in [0.25, 0.3) is 0 Å². The summed E-state index contributed by atoms with van der Waals surface area (Å²) in [7, 11) is -3.77. The van der Waals surface area contributed by atoms with E-state index in [1.807, 2.05) is 0 Å². The number of sulfone groups is 1. The fraction of sp³-hybridized carbons (Fsp3) is 0. The Labute approximate surface area is 123 Å². The predicted molar refractivity (Wildman–Crippen MR) is 77.0 cm³/mol. The Bertz CT molecular complexity index is 803. The molecule has 0 radical (unpaired) electrons. The summed E-state index contributed by atoms with van der Waals surface area (Å²) in [5.41, 5.74) is 5.80. The Morgan fingerprint density at radius 2 is 1.79 bits per heavy atom. The lowest BCUT2D eigenvalue weighted by Crippen LogP contribution is -2.04. The first kappa shape index (κ1) is 13.6. The Hall–Kier alpha value is -1.84. The maximum atomic E-state index is 12.4. The minimum absolute atomic E-state index is 0.0341. The van der Waals surface area contributed by atoms with Gasteiger partial charge < -0.3 is 5.73 Å². The van der Waals surface area contributed by atoms with Crippen molar-refractivity contribution in [2.24, 2.45) is 5.73 Å². The van der Waals surface area contributed by atoms with Gasteiger partial charge in [0.05, 0.1) is 8.60 Å². The molecule has 0 bridgehead atoms. The Morgan fingerprint density at radius 1 is 1.21 bits per heavy atom. The summed E-state index contributed by atoms with van der Waals surface area (Å²) >= 11 is 1.67. The summed E-state index contributed by atoms with van der Waals surface area (Å²) < 4.78 is 24.8. The molecular formula is C12H6IN3O2S. The van der Waals surface area contributed by atoms with Crippen molar-refractivity contribution >= 4 is 38.0 Å². The van der Waals surface area contributed by atoms with Crippen LogP contribution in [0.4, 0.5) is 0 Å². The van der Waals surface area contributed by atoms with Crippen LogP contribution in [0.5, 0.6) is 0 Å². The van der Waals surface area contributed by atoms with Crippen molar-refractivity contribution in [3.05, 3.63) is 44.0 Å². The Kier molecular flexibility index (Phi) is 3.35. The summed E-state index contributed by atoms with van der Waals surface area (Å²) in [4.78, 5) is -0.0879. The molecule has 0 fully saturated rings. The van der Waals surface area contributed by atoms with Crippen molar-refractivity contribution in [1.29, 1.82) is 10.5 Å². The van der Waals surface area contributed by atoms with Gasteiger partial charge in [-0.05, 0) is 28.7 Å². The fourth-order valence-corrected chi connectivity index (χ4v) is 4.72. The molecule has 0 aromatic heterocycles. The lowest BCUT2D eigenvalue weighted by atomic mass is 10.0. The second kappa shape index (κ2) is 4.68. The molecule has 1 aliphatic heterocycles. The molecule has 0 aliphatic carbocycles. The molecule has 0 saturated carbocycles. The van der Waals surface area contributed by atoms with E-state index in [1.54, 1.807) is 52.9 Å². The van der Waals surface area contributed by atoms with E-state index in [-0.39, 0.29) is 24.7 Å². The number of nitriles is 2. The molecule has 0 saturated heterocycles. The topological polar surface area (TPSA) is 108 Å². The first-order valence-corrected chi connectivity index (χ1v) is 7.56. The van der Waals surface area contributed by atoms with Gasteiger partial charge in [-0.1, -0.05) is 18.2 Å². The third-order valence-corrected chi connectivity index (χ3v) is 5.43. The van der Waals surface area contributed by atoms with Gasteiger partial charge >= 0.3 is 0 Å². The zero-order valence-corrected chi connectivity index (χ0v) is 12.4. The van der Waals surface area contributed by atoms with E-state index < -0.39 is 9.84 Å². The number of allylic oxidation sites excluding steroid dienone is 2. The molecule has 0 atom stereocenters. The van der Waals surface area contributed by atoms with Crippen LogP contribution < -0.4 is 5.73 Å². The predicted octanol–water partition coefficient (Wildman–Crippen LogP) is 1.84. The maximum absolute atomic E-state index is 12.4. The molecule has 0 spiro atoms. The van der Waals surface area contributed by atoms with Crippen LogP contribution in [0.2, 0.25) is 0 Å². The number of halogens is 1. The van der Waals surface area contributed by atoms with E-state index in [9.17, 15) is 8.42 Å². The van der Waals surface area contributed by atoms with Gasteiger partial charge in [0, 0.05) is 11.1 Å². The second-order valence-electron chi connectivity index (χ2n) is 3.65. The van der Waals surface area contributed by atoms with Crippen LogP contribution >= 0.6 is 22.6 Å². The molecule has 2 rings (SSSR count). The standard InChI is InChI=1S/C12H6IN3O2S/c13-12(16)11-10(7(5-14)6-15)8-3-1-2-4-9(8)19(11,17)18/h1-4H,16H2/b12-11-. The largest absolute Gasteiger partial charge is 0.393 e. The van der Waals surface area contributed by atoms with Crippen molar-refractivity contribution in [2.75, 3.05) is 0 Å². The smallest absolute Gasteiger partial charge is 0.210 e. The molecule has 94 valence electrons. The minimum atomic E-state index is -3.77. The number of hydrogen-bond acceptors (Lipinski definition) is 5. The normalized spacial score (nSPS) is 18.2. The van der Waals surface area contributed by atoms with Crippen LogP contribution in [0.3, 0.4) is 0 Å².